The molecule has 4 heterocycles. The van der Waals surface area contributed by atoms with Gasteiger partial charge < -0.3 is 18.8 Å². The van der Waals surface area contributed by atoms with Crippen LogP contribution in [0.5, 0.6) is 0 Å². The molecule has 0 aromatic carbocycles. The second-order valence-corrected chi connectivity index (χ2v) is 7.27. The number of aromatic nitrogens is 2. The summed E-state index contributed by atoms with van der Waals surface area (Å²) in [7, 11) is 0. The lowest BCUT2D eigenvalue weighted by atomic mass is 9.78. The van der Waals surface area contributed by atoms with Crippen molar-refractivity contribution in [3.63, 3.8) is 0 Å². The standard InChI is InChI=1S/C20H25N3O4/c24-19(18-14-26-15-22-18)23-8-5-20(6-9-23)17(4-11-27-20)3-10-25-13-16-2-1-7-21-12-16/h1-2,7,12,14-15,17H,3-6,8-11,13H2. The molecule has 0 saturated carbocycles. The maximum atomic E-state index is 12.4. The van der Waals surface area contributed by atoms with Crippen LogP contribution in [-0.2, 0) is 16.1 Å². The van der Waals surface area contributed by atoms with Crippen LogP contribution in [0.25, 0.3) is 0 Å². The minimum atomic E-state index is -0.113. The number of likely N-dealkylation sites (tertiary alicyclic amines) is 1. The van der Waals surface area contributed by atoms with Crippen LogP contribution in [0.15, 0.2) is 41.6 Å². The average molecular weight is 371 g/mol. The van der Waals surface area contributed by atoms with Gasteiger partial charge in [0.1, 0.15) is 6.26 Å². The maximum Gasteiger partial charge on any atom is 0.275 e. The van der Waals surface area contributed by atoms with Crippen molar-refractivity contribution in [2.75, 3.05) is 26.3 Å². The number of hydrogen-bond donors (Lipinski definition) is 0. The molecule has 2 aromatic rings. The van der Waals surface area contributed by atoms with E-state index < -0.39 is 0 Å². The fourth-order valence-corrected chi connectivity index (χ4v) is 4.21. The Balaban J connectivity index is 1.26. The van der Waals surface area contributed by atoms with E-state index in [9.17, 15) is 4.79 Å². The quantitative estimate of drug-likeness (QED) is 0.727. The van der Waals surface area contributed by atoms with Gasteiger partial charge in [-0.05, 0) is 43.2 Å². The summed E-state index contributed by atoms with van der Waals surface area (Å²) in [5, 5.41) is 0. The molecule has 2 aliphatic rings. The van der Waals surface area contributed by atoms with E-state index in [1.807, 2.05) is 23.2 Å². The molecular weight excluding hydrogens is 346 g/mol. The molecule has 1 spiro atoms. The van der Waals surface area contributed by atoms with Crippen LogP contribution >= 0.6 is 0 Å². The SMILES string of the molecule is O=C(c1cocn1)N1CCC2(CC1)OCCC2CCOCc1cccnc1. The van der Waals surface area contributed by atoms with Gasteiger partial charge in [-0.25, -0.2) is 4.98 Å². The van der Waals surface area contributed by atoms with Crippen LogP contribution in [0.4, 0.5) is 0 Å². The lowest BCUT2D eigenvalue weighted by Crippen LogP contribution is -2.49. The highest BCUT2D eigenvalue weighted by Crippen LogP contribution is 2.42. The molecule has 7 heteroatoms. The molecule has 0 bridgehead atoms. The van der Waals surface area contributed by atoms with Gasteiger partial charge in [0.25, 0.3) is 5.91 Å². The van der Waals surface area contributed by atoms with Crippen molar-refractivity contribution >= 4 is 5.91 Å². The van der Waals surface area contributed by atoms with Crippen LogP contribution in [0.1, 0.15) is 41.7 Å². The maximum absolute atomic E-state index is 12.4. The van der Waals surface area contributed by atoms with Crippen molar-refractivity contribution in [1.29, 1.82) is 0 Å². The Labute approximate surface area is 158 Å². The summed E-state index contributed by atoms with van der Waals surface area (Å²) in [5.74, 6) is 0.420. The highest BCUT2D eigenvalue weighted by Gasteiger charge is 2.46. The number of carbonyl (C=O) groups excluding carboxylic acids is 1. The number of oxazole rings is 1. The smallest absolute Gasteiger partial charge is 0.275 e. The van der Waals surface area contributed by atoms with E-state index >= 15 is 0 Å². The zero-order valence-electron chi connectivity index (χ0n) is 15.4. The van der Waals surface area contributed by atoms with Crippen LogP contribution in [0, 0.1) is 5.92 Å². The van der Waals surface area contributed by atoms with Crippen molar-refractivity contribution in [1.82, 2.24) is 14.9 Å². The molecule has 0 N–H and O–H groups in total. The van der Waals surface area contributed by atoms with Crippen LogP contribution < -0.4 is 0 Å². The summed E-state index contributed by atoms with van der Waals surface area (Å²) in [6, 6.07) is 3.95. The van der Waals surface area contributed by atoms with E-state index in [2.05, 4.69) is 9.97 Å². The van der Waals surface area contributed by atoms with E-state index in [-0.39, 0.29) is 11.5 Å². The lowest BCUT2D eigenvalue weighted by Gasteiger charge is -2.42. The summed E-state index contributed by atoms with van der Waals surface area (Å²) >= 11 is 0. The third-order valence-corrected chi connectivity index (χ3v) is 5.75. The molecule has 2 fully saturated rings. The highest BCUT2D eigenvalue weighted by atomic mass is 16.5. The molecule has 1 atom stereocenters. The minimum absolute atomic E-state index is 0.0621. The number of ether oxygens (including phenoxy) is 2. The fraction of sp³-hybridized carbons (Fsp3) is 0.550. The first-order valence-electron chi connectivity index (χ1n) is 9.55. The zero-order chi connectivity index (χ0) is 18.5. The van der Waals surface area contributed by atoms with Crippen molar-refractivity contribution in [2.45, 2.75) is 37.9 Å². The normalized spacial score (nSPS) is 21.6. The van der Waals surface area contributed by atoms with Gasteiger partial charge in [0, 0.05) is 38.7 Å². The Morgan fingerprint density at radius 1 is 1.37 bits per heavy atom. The first-order chi connectivity index (χ1) is 13.3. The summed E-state index contributed by atoms with van der Waals surface area (Å²) in [4.78, 5) is 22.3. The number of carbonyl (C=O) groups is 1. The van der Waals surface area contributed by atoms with Crippen molar-refractivity contribution in [3.05, 3.63) is 48.4 Å². The molecule has 2 aromatic heterocycles. The predicted molar refractivity (Wildman–Crippen MR) is 96.9 cm³/mol. The minimum Gasteiger partial charge on any atom is -0.451 e. The molecule has 0 aliphatic carbocycles. The van der Waals surface area contributed by atoms with E-state index in [0.29, 0.717) is 37.9 Å². The van der Waals surface area contributed by atoms with E-state index in [4.69, 9.17) is 13.9 Å². The van der Waals surface area contributed by atoms with Crippen molar-refractivity contribution in [3.8, 4) is 0 Å². The van der Waals surface area contributed by atoms with Gasteiger partial charge in [-0.1, -0.05) is 6.07 Å². The Morgan fingerprint density at radius 3 is 3.00 bits per heavy atom. The Bertz CT molecular complexity index is 727. The number of pyridine rings is 1. The monoisotopic (exact) mass is 371 g/mol. The number of rotatable bonds is 6. The molecule has 27 heavy (non-hydrogen) atoms. The Hall–Kier alpha value is -2.25. The van der Waals surface area contributed by atoms with Crippen molar-refractivity contribution < 1.29 is 18.7 Å². The van der Waals surface area contributed by atoms with Gasteiger partial charge in [-0.2, -0.15) is 0 Å². The molecule has 144 valence electrons. The fourth-order valence-electron chi connectivity index (χ4n) is 4.21. The van der Waals surface area contributed by atoms with Gasteiger partial charge in [0.05, 0.1) is 12.2 Å². The van der Waals surface area contributed by atoms with Crippen LogP contribution in [0.3, 0.4) is 0 Å². The molecule has 4 rings (SSSR count). The number of piperidine rings is 1. The molecule has 1 unspecified atom stereocenters. The van der Waals surface area contributed by atoms with E-state index in [1.165, 1.54) is 12.7 Å². The van der Waals surface area contributed by atoms with Gasteiger partial charge in [0.2, 0.25) is 0 Å². The summed E-state index contributed by atoms with van der Waals surface area (Å²) in [5.41, 5.74) is 1.35. The summed E-state index contributed by atoms with van der Waals surface area (Å²) in [6.07, 6.45) is 10.1. The van der Waals surface area contributed by atoms with Gasteiger partial charge in [0.15, 0.2) is 12.1 Å². The Morgan fingerprint density at radius 2 is 2.26 bits per heavy atom. The first-order valence-corrected chi connectivity index (χ1v) is 9.55. The zero-order valence-corrected chi connectivity index (χ0v) is 15.4. The molecular formula is C20H25N3O4. The number of hydrogen-bond acceptors (Lipinski definition) is 6. The lowest BCUT2D eigenvalue weighted by molar-refractivity contribution is -0.0675. The Kier molecular flexibility index (Phi) is 5.50. The molecule has 2 saturated heterocycles. The second kappa shape index (κ2) is 8.19. The van der Waals surface area contributed by atoms with E-state index in [0.717, 1.165) is 37.9 Å². The highest BCUT2D eigenvalue weighted by molar-refractivity contribution is 5.91. The summed E-state index contributed by atoms with van der Waals surface area (Å²) < 4.78 is 17.0. The molecule has 1 amide bonds. The topological polar surface area (TPSA) is 77.7 Å². The second-order valence-electron chi connectivity index (χ2n) is 7.27. The van der Waals surface area contributed by atoms with Crippen molar-refractivity contribution in [2.24, 2.45) is 5.92 Å². The molecule has 7 nitrogen and oxygen atoms in total. The average Bonchev–Trinajstić information content (AvgIpc) is 3.37. The van der Waals surface area contributed by atoms with Crippen LogP contribution in [-0.4, -0.2) is 52.7 Å². The summed E-state index contributed by atoms with van der Waals surface area (Å²) in [6.45, 7) is 3.49. The van der Waals surface area contributed by atoms with Gasteiger partial charge in [-0.15, -0.1) is 0 Å². The third-order valence-electron chi connectivity index (χ3n) is 5.75. The van der Waals surface area contributed by atoms with Crippen LogP contribution in [0.2, 0.25) is 0 Å². The molecule has 0 radical (unpaired) electrons. The van der Waals surface area contributed by atoms with E-state index in [1.54, 1.807) is 6.20 Å². The predicted octanol–water partition coefficient (Wildman–Crippen LogP) is 2.69. The number of amides is 1. The third kappa shape index (κ3) is 4.04. The van der Waals surface area contributed by atoms with Gasteiger partial charge >= 0.3 is 0 Å². The number of nitrogens with zero attached hydrogens (tertiary/aromatic N) is 3. The largest absolute Gasteiger partial charge is 0.451 e. The van der Waals surface area contributed by atoms with Gasteiger partial charge in [-0.3, -0.25) is 9.78 Å². The molecule has 2 aliphatic heterocycles. The first kappa shape index (κ1) is 18.1.